The third-order valence-electron chi connectivity index (χ3n) is 6.70. The lowest BCUT2D eigenvalue weighted by atomic mass is 9.78. The second kappa shape index (κ2) is 13.4. The van der Waals surface area contributed by atoms with Gasteiger partial charge in [0.15, 0.2) is 0 Å². The lowest BCUT2D eigenvalue weighted by Crippen LogP contribution is -2.41. The first-order valence-electron chi connectivity index (χ1n) is 12.2. The van der Waals surface area contributed by atoms with E-state index in [0.29, 0.717) is 10.9 Å². The maximum absolute atomic E-state index is 13.8. The zero-order chi connectivity index (χ0) is 27.2. The molecule has 1 unspecified atom stereocenters. The maximum atomic E-state index is 13.8. The van der Waals surface area contributed by atoms with Gasteiger partial charge in [-0.15, -0.1) is 0 Å². The summed E-state index contributed by atoms with van der Waals surface area (Å²) >= 11 is 11.9. The van der Waals surface area contributed by atoms with Crippen molar-refractivity contribution < 1.29 is 22.3 Å². The van der Waals surface area contributed by atoms with Crippen molar-refractivity contribution in [3.05, 3.63) is 63.9 Å². The van der Waals surface area contributed by atoms with Crippen LogP contribution < -0.4 is 5.32 Å². The Morgan fingerprint density at radius 3 is 2.43 bits per heavy atom. The standard InChI is InChI=1S/C26H34Cl2FN3O4S/c1-31(2)26(19-5-4-6-21(29)15-19)18-7-10-22(11-8-18)30-25(33)17-36-14-13-32(3)37(34,35)24-12-9-20(27)16-23(24)28/h4-6,9,12,15-16,18,22,26H,7-8,10-11,13-14,17H2,1-3H3,(H,30,33). The van der Waals surface area contributed by atoms with E-state index >= 15 is 0 Å². The number of nitrogens with one attached hydrogen (secondary N) is 1. The van der Waals surface area contributed by atoms with Crippen LogP contribution in [0.5, 0.6) is 0 Å². The predicted molar refractivity (Wildman–Crippen MR) is 144 cm³/mol. The highest BCUT2D eigenvalue weighted by molar-refractivity contribution is 7.89. The van der Waals surface area contributed by atoms with Crippen LogP contribution in [0.4, 0.5) is 4.39 Å². The van der Waals surface area contributed by atoms with Crippen LogP contribution >= 0.6 is 23.2 Å². The van der Waals surface area contributed by atoms with Gasteiger partial charge in [0, 0.05) is 30.7 Å². The van der Waals surface area contributed by atoms with Gasteiger partial charge >= 0.3 is 0 Å². The molecular weight excluding hydrogens is 540 g/mol. The minimum atomic E-state index is -3.81. The summed E-state index contributed by atoms with van der Waals surface area (Å²) in [4.78, 5) is 14.5. The molecule has 37 heavy (non-hydrogen) atoms. The Morgan fingerprint density at radius 1 is 1.11 bits per heavy atom. The lowest BCUT2D eigenvalue weighted by molar-refractivity contribution is -0.126. The molecule has 3 rings (SSSR count). The summed E-state index contributed by atoms with van der Waals surface area (Å²) in [5.41, 5.74) is 0.969. The number of carbonyl (C=O) groups is 1. The molecule has 1 N–H and O–H groups in total. The Balaban J connectivity index is 1.41. The second-order valence-corrected chi connectivity index (χ2v) is 12.5. The van der Waals surface area contributed by atoms with Crippen LogP contribution in [0.25, 0.3) is 0 Å². The number of hydrogen-bond donors (Lipinski definition) is 1. The second-order valence-electron chi connectivity index (χ2n) is 9.60. The van der Waals surface area contributed by atoms with Crippen LogP contribution in [0.15, 0.2) is 47.4 Å². The van der Waals surface area contributed by atoms with Gasteiger partial charge in [-0.1, -0.05) is 35.3 Å². The lowest BCUT2D eigenvalue weighted by Gasteiger charge is -2.37. The molecule has 2 aromatic rings. The van der Waals surface area contributed by atoms with E-state index in [9.17, 15) is 17.6 Å². The minimum Gasteiger partial charge on any atom is -0.370 e. The van der Waals surface area contributed by atoms with Crippen LogP contribution in [0.1, 0.15) is 37.3 Å². The van der Waals surface area contributed by atoms with E-state index in [1.54, 1.807) is 12.1 Å². The number of likely N-dealkylation sites (N-methyl/N-ethyl adjacent to an activating group) is 1. The average Bonchev–Trinajstić information content (AvgIpc) is 2.82. The summed E-state index contributed by atoms with van der Waals surface area (Å²) in [6.07, 6.45) is 3.50. The molecule has 0 spiro atoms. The van der Waals surface area contributed by atoms with Crippen molar-refractivity contribution in [2.24, 2.45) is 5.92 Å². The smallest absolute Gasteiger partial charge is 0.246 e. The van der Waals surface area contributed by atoms with E-state index in [4.69, 9.17) is 27.9 Å². The first kappa shape index (κ1) is 29.8. The Kier molecular flexibility index (Phi) is 10.8. The largest absolute Gasteiger partial charge is 0.370 e. The zero-order valence-electron chi connectivity index (χ0n) is 21.3. The number of halogens is 3. The van der Waals surface area contributed by atoms with Gasteiger partial charge in [-0.05, 0) is 81.6 Å². The first-order valence-corrected chi connectivity index (χ1v) is 14.4. The van der Waals surface area contributed by atoms with Gasteiger partial charge in [-0.25, -0.2) is 12.8 Å². The van der Waals surface area contributed by atoms with Crippen molar-refractivity contribution >= 4 is 39.1 Å². The van der Waals surface area contributed by atoms with Gasteiger partial charge in [0.25, 0.3) is 0 Å². The van der Waals surface area contributed by atoms with Crippen LogP contribution in [-0.2, 0) is 19.6 Å². The molecule has 7 nitrogen and oxygen atoms in total. The van der Waals surface area contributed by atoms with Crippen LogP contribution in [0, 0.1) is 11.7 Å². The molecule has 1 aliphatic rings. The average molecular weight is 575 g/mol. The molecule has 1 aliphatic carbocycles. The Morgan fingerprint density at radius 2 is 1.81 bits per heavy atom. The highest BCUT2D eigenvalue weighted by Gasteiger charge is 2.31. The highest BCUT2D eigenvalue weighted by Crippen LogP contribution is 2.37. The molecule has 204 valence electrons. The molecule has 0 aromatic heterocycles. The van der Waals surface area contributed by atoms with Gasteiger partial charge in [0.05, 0.1) is 11.6 Å². The molecule has 0 radical (unpaired) electrons. The quantitative estimate of drug-likeness (QED) is 0.392. The minimum absolute atomic E-state index is 0.0386. The summed E-state index contributed by atoms with van der Waals surface area (Å²) in [5.74, 6) is -0.0975. The Bertz CT molecular complexity index is 1170. The molecule has 2 aromatic carbocycles. The van der Waals surface area contributed by atoms with E-state index in [1.165, 1.54) is 31.3 Å². The third kappa shape index (κ3) is 8.12. The normalized spacial score (nSPS) is 19.2. The first-order chi connectivity index (χ1) is 17.5. The van der Waals surface area contributed by atoms with E-state index < -0.39 is 10.0 Å². The van der Waals surface area contributed by atoms with E-state index in [2.05, 4.69) is 10.2 Å². The molecule has 0 bridgehead atoms. The zero-order valence-corrected chi connectivity index (χ0v) is 23.6. The summed E-state index contributed by atoms with van der Waals surface area (Å²) in [6, 6.07) is 11.1. The molecule has 1 atom stereocenters. The summed E-state index contributed by atoms with van der Waals surface area (Å²) in [5, 5.41) is 3.40. The molecule has 1 fully saturated rings. The summed E-state index contributed by atoms with van der Waals surface area (Å²) in [7, 11) is 1.63. The number of amides is 1. The van der Waals surface area contributed by atoms with Crippen molar-refractivity contribution in [1.82, 2.24) is 14.5 Å². The van der Waals surface area contributed by atoms with Crippen LogP contribution in [0.3, 0.4) is 0 Å². The fourth-order valence-electron chi connectivity index (χ4n) is 4.86. The number of benzene rings is 2. The summed E-state index contributed by atoms with van der Waals surface area (Å²) in [6.45, 7) is -0.0376. The predicted octanol–water partition coefficient (Wildman–Crippen LogP) is 4.75. The third-order valence-corrected chi connectivity index (χ3v) is 9.27. The Labute approximate surface area is 228 Å². The van der Waals surface area contributed by atoms with Crippen molar-refractivity contribution in [3.63, 3.8) is 0 Å². The number of rotatable bonds is 11. The molecule has 0 aliphatic heterocycles. The Hall–Kier alpha value is -1.75. The van der Waals surface area contributed by atoms with Crippen LogP contribution in [0.2, 0.25) is 10.0 Å². The number of hydrogen-bond acceptors (Lipinski definition) is 5. The molecule has 0 saturated heterocycles. The summed E-state index contributed by atoms with van der Waals surface area (Å²) < 4.78 is 45.8. The van der Waals surface area contributed by atoms with Crippen molar-refractivity contribution in [1.29, 1.82) is 0 Å². The molecule has 1 saturated carbocycles. The molecule has 1 amide bonds. The van der Waals surface area contributed by atoms with Crippen LogP contribution in [-0.4, -0.2) is 70.5 Å². The van der Waals surface area contributed by atoms with E-state index in [0.717, 1.165) is 35.6 Å². The van der Waals surface area contributed by atoms with Gasteiger partial charge in [0.1, 0.15) is 17.3 Å². The number of nitrogens with zero attached hydrogens (tertiary/aromatic N) is 2. The van der Waals surface area contributed by atoms with E-state index in [-0.39, 0.29) is 53.5 Å². The highest BCUT2D eigenvalue weighted by atomic mass is 35.5. The van der Waals surface area contributed by atoms with Gasteiger partial charge < -0.3 is 15.0 Å². The SMILES string of the molecule is CN(C)C(c1cccc(F)c1)C1CCC(NC(=O)COCCN(C)S(=O)(=O)c2ccc(Cl)cc2Cl)CC1. The maximum Gasteiger partial charge on any atom is 0.246 e. The molecular formula is C26H34Cl2FN3O4S. The molecule has 11 heteroatoms. The fraction of sp³-hybridized carbons (Fsp3) is 0.500. The van der Waals surface area contributed by atoms with Gasteiger partial charge in [-0.2, -0.15) is 4.31 Å². The molecule has 0 heterocycles. The van der Waals surface area contributed by atoms with Gasteiger partial charge in [0.2, 0.25) is 15.9 Å². The topological polar surface area (TPSA) is 79.0 Å². The van der Waals surface area contributed by atoms with Crippen molar-refractivity contribution in [2.45, 2.75) is 42.7 Å². The number of carbonyl (C=O) groups excluding carboxylic acids is 1. The number of ether oxygens (including phenoxy) is 1. The van der Waals surface area contributed by atoms with E-state index in [1.807, 2.05) is 20.2 Å². The van der Waals surface area contributed by atoms with Crippen molar-refractivity contribution in [2.75, 3.05) is 40.9 Å². The van der Waals surface area contributed by atoms with Gasteiger partial charge in [-0.3, -0.25) is 4.79 Å². The van der Waals surface area contributed by atoms with Crippen molar-refractivity contribution in [3.8, 4) is 0 Å². The fourth-order valence-corrected chi connectivity index (χ4v) is 6.76. The number of sulfonamides is 1. The monoisotopic (exact) mass is 573 g/mol.